The van der Waals surface area contributed by atoms with Gasteiger partial charge >= 0.3 is 11.9 Å². The smallest absolute Gasteiger partial charge is 0.329 e. The lowest BCUT2D eigenvalue weighted by molar-refractivity contribution is -0.162. The molecular weight excluding hydrogens is 953 g/mol. The number of methoxy groups -OCH3 is 1. The van der Waals surface area contributed by atoms with Gasteiger partial charge in [0.2, 0.25) is 35.4 Å². The Morgan fingerprint density at radius 3 is 1.74 bits per heavy atom. The fourth-order valence-corrected chi connectivity index (χ4v) is 10.5. The summed E-state index contributed by atoms with van der Waals surface area (Å²) in [5.41, 5.74) is 0.326. The Morgan fingerprint density at radius 1 is 0.649 bits per heavy atom. The van der Waals surface area contributed by atoms with Gasteiger partial charge in [-0.3, -0.25) is 38.4 Å². The van der Waals surface area contributed by atoms with Crippen LogP contribution in [0.2, 0.25) is 0 Å². The van der Waals surface area contributed by atoms with Crippen LogP contribution < -0.4 is 0 Å². The van der Waals surface area contributed by atoms with Gasteiger partial charge in [-0.15, -0.1) is 0 Å². The molecule has 1 unspecified atom stereocenters. The Kier molecular flexibility index (Phi) is 24.7. The summed E-state index contributed by atoms with van der Waals surface area (Å²) < 4.78 is 17.3. The number of amides is 6. The van der Waals surface area contributed by atoms with E-state index in [1.54, 1.807) is 40.7 Å². The van der Waals surface area contributed by atoms with Crippen molar-refractivity contribution in [3.05, 3.63) is 11.6 Å². The van der Waals surface area contributed by atoms with Crippen LogP contribution in [0.3, 0.4) is 0 Å². The molecule has 0 aromatic rings. The second-order valence-corrected chi connectivity index (χ2v) is 22.0. The highest BCUT2D eigenvalue weighted by molar-refractivity contribution is 6.07. The highest BCUT2D eigenvalue weighted by atomic mass is 16.5. The zero-order chi connectivity index (χ0) is 56.0. The molecule has 19 heteroatoms. The molecule has 420 valence electrons. The van der Waals surface area contributed by atoms with Crippen molar-refractivity contribution in [2.75, 3.05) is 55.0 Å². The third-order valence-corrected chi connectivity index (χ3v) is 16.0. The fourth-order valence-electron chi connectivity index (χ4n) is 10.5. The summed E-state index contributed by atoms with van der Waals surface area (Å²) in [6.45, 7) is 19.8. The van der Waals surface area contributed by atoms with Crippen molar-refractivity contribution in [3.63, 3.8) is 0 Å². The molecule has 0 aromatic carbocycles. The van der Waals surface area contributed by atoms with Gasteiger partial charge in [-0.2, -0.15) is 0 Å². The number of fused-ring (bicyclic) bond motifs is 2. The van der Waals surface area contributed by atoms with Crippen LogP contribution in [-0.4, -0.2) is 197 Å². The molecule has 2 fully saturated rings. The van der Waals surface area contributed by atoms with Crippen LogP contribution in [-0.2, 0) is 57.4 Å². The van der Waals surface area contributed by atoms with Gasteiger partial charge in [0.1, 0.15) is 48.5 Å². The van der Waals surface area contributed by atoms with Crippen molar-refractivity contribution in [2.24, 2.45) is 29.6 Å². The number of hydrogen-bond donors (Lipinski definition) is 1. The number of carbonyl (C=O) groups excluding carboxylic acids is 9. The van der Waals surface area contributed by atoms with Gasteiger partial charge in [0, 0.05) is 48.4 Å². The van der Waals surface area contributed by atoms with E-state index in [0.717, 1.165) is 0 Å². The quantitative estimate of drug-likeness (QED) is 0.272. The van der Waals surface area contributed by atoms with Gasteiger partial charge in [0.25, 0.3) is 0 Å². The minimum absolute atomic E-state index is 0.202. The lowest BCUT2D eigenvalue weighted by Gasteiger charge is -2.41. The van der Waals surface area contributed by atoms with E-state index in [1.165, 1.54) is 64.7 Å². The van der Waals surface area contributed by atoms with Gasteiger partial charge in [-0.05, 0) is 108 Å². The lowest BCUT2D eigenvalue weighted by atomic mass is 9.93. The molecule has 0 spiro atoms. The van der Waals surface area contributed by atoms with Crippen LogP contribution in [0.1, 0.15) is 147 Å². The molecule has 1 N–H and O–H groups in total. The van der Waals surface area contributed by atoms with Crippen molar-refractivity contribution in [3.8, 4) is 0 Å². The van der Waals surface area contributed by atoms with Crippen molar-refractivity contribution >= 4 is 53.2 Å². The largest absolute Gasteiger partial charge is 0.462 e. The molecule has 74 heavy (non-hydrogen) atoms. The van der Waals surface area contributed by atoms with Crippen LogP contribution in [0.4, 0.5) is 0 Å². The minimum Gasteiger partial charge on any atom is -0.462 e. The van der Waals surface area contributed by atoms with Gasteiger partial charge < -0.3 is 48.7 Å². The Balaban J connectivity index is 2.07. The number of nitrogens with zero attached hydrogens (tertiary/aromatic N) is 6. The number of rotatable bonds is 7. The maximum Gasteiger partial charge on any atom is 0.329 e. The molecule has 3 rings (SSSR count). The first-order valence-corrected chi connectivity index (χ1v) is 27.1. The van der Waals surface area contributed by atoms with Crippen LogP contribution in [0.5, 0.6) is 0 Å². The molecule has 19 nitrogen and oxygen atoms in total. The van der Waals surface area contributed by atoms with Crippen LogP contribution in [0.15, 0.2) is 11.6 Å². The topological polar surface area (TPSA) is 221 Å². The number of esters is 2. The van der Waals surface area contributed by atoms with E-state index in [9.17, 15) is 48.3 Å². The van der Waals surface area contributed by atoms with E-state index in [4.69, 9.17) is 14.2 Å². The van der Waals surface area contributed by atoms with E-state index < -0.39 is 126 Å². The summed E-state index contributed by atoms with van der Waals surface area (Å²) >= 11 is 0. The summed E-state index contributed by atoms with van der Waals surface area (Å²) in [6, 6.07) is -6.20. The zero-order valence-electron chi connectivity index (χ0n) is 47.6. The molecule has 12 atom stereocenters. The molecule has 3 aliphatic rings. The van der Waals surface area contributed by atoms with Gasteiger partial charge in [-0.25, -0.2) is 4.79 Å². The average molecular weight is 1050 g/mol. The lowest BCUT2D eigenvalue weighted by Crippen LogP contribution is -2.62. The number of allylic oxidation sites excluding steroid dienone is 2. The highest BCUT2D eigenvalue weighted by Crippen LogP contribution is 2.29. The average Bonchev–Trinajstić information content (AvgIpc) is 4.06. The second kappa shape index (κ2) is 28.8. The number of aliphatic hydroxyl groups is 1. The number of Topliss-reactive ketones (excluding diaryl/α,β-unsaturated/α-hetero) is 1. The van der Waals surface area contributed by atoms with Crippen LogP contribution in [0.25, 0.3) is 0 Å². The summed E-state index contributed by atoms with van der Waals surface area (Å²) in [5.74, 6) is -7.01. The number of aliphatic hydroxyl groups excluding tert-OH is 1. The number of carbonyl (C=O) groups is 9. The van der Waals surface area contributed by atoms with Crippen molar-refractivity contribution in [1.29, 1.82) is 0 Å². The molecule has 3 aliphatic heterocycles. The number of hydrogen-bond acceptors (Lipinski definition) is 13. The first-order valence-electron chi connectivity index (χ1n) is 27.1. The molecule has 0 aromatic heterocycles. The molecule has 0 bridgehead atoms. The van der Waals surface area contributed by atoms with E-state index >= 15 is 0 Å². The Hall–Kier alpha value is -4.91. The predicted octanol–water partition coefficient (Wildman–Crippen LogP) is 4.65. The third-order valence-electron chi connectivity index (χ3n) is 16.0. The Bertz CT molecular complexity index is 2010. The maximum absolute atomic E-state index is 14.8. The molecular formula is C55H92N6O13. The van der Waals surface area contributed by atoms with E-state index in [0.29, 0.717) is 63.4 Å². The van der Waals surface area contributed by atoms with Crippen molar-refractivity contribution in [1.82, 2.24) is 29.4 Å². The Morgan fingerprint density at radius 2 is 1.19 bits per heavy atom. The summed E-state index contributed by atoms with van der Waals surface area (Å²) in [6.07, 6.45) is 3.15. The predicted molar refractivity (Wildman–Crippen MR) is 279 cm³/mol. The summed E-state index contributed by atoms with van der Waals surface area (Å²) in [5, 5.41) is 11.0. The van der Waals surface area contributed by atoms with Crippen molar-refractivity contribution in [2.45, 2.75) is 201 Å². The minimum atomic E-state index is -1.21. The van der Waals surface area contributed by atoms with E-state index in [1.807, 2.05) is 41.5 Å². The highest BCUT2D eigenvalue weighted by Gasteiger charge is 2.47. The standard InChI is InChI=1S/C55H92N6O13/c1-17-34(7)48-52(68)59(15)46(32(3)4)51(67)56(12)42(31-72-16)50(66)60-28-20-23-40(60)49(65)58(14)47(33(5)6)53(69)61-29-21-24-41(61)55(71)74-39(18-2)22-19-25-43(62)37(10)54(70)73-38(11)35(8)26-27-36(9)44(63)30-45(64)57(48)13/h27,32-35,37-43,46-48,62H,17-26,28-31H2,1-16H3/t34-,35-,37+,38+,39+,40-,41-,42?,43+,46-,47-,48-/m0/s1. The summed E-state index contributed by atoms with van der Waals surface area (Å²) in [4.78, 5) is 136. The third kappa shape index (κ3) is 15.6. The zero-order valence-corrected chi connectivity index (χ0v) is 47.6. The first-order chi connectivity index (χ1) is 34.7. The molecule has 0 radical (unpaired) electrons. The van der Waals surface area contributed by atoms with E-state index in [-0.39, 0.29) is 43.9 Å². The second-order valence-electron chi connectivity index (χ2n) is 22.0. The van der Waals surface area contributed by atoms with Gasteiger partial charge in [0.05, 0.1) is 25.0 Å². The first kappa shape index (κ1) is 63.4. The maximum atomic E-state index is 14.8. The monoisotopic (exact) mass is 1040 g/mol. The SMILES string of the molecule is CC[C@@H]1CCC[C@@H](O)[C@@H](C)C(=O)O[C@H](C)[C@@H](C)CC=C(C)C(=O)CC(=O)N(C)[C@@H]([C@@H](C)CC)C(=O)N(C)[C@@H](C(C)C)C(=O)N(C)C(COC)C(=O)N2CCC[C@H]2C(=O)N(C)[C@@H](C(C)C)C(=O)N2CCC[C@H]2C(=O)O1. The van der Waals surface area contributed by atoms with Crippen molar-refractivity contribution < 1.29 is 62.5 Å². The molecule has 0 aliphatic carbocycles. The number of ketones is 1. The van der Waals surface area contributed by atoms with Gasteiger partial charge in [0.15, 0.2) is 5.78 Å². The number of likely N-dealkylation sites (N-methyl/N-ethyl adjacent to an activating group) is 4. The van der Waals surface area contributed by atoms with Crippen LogP contribution in [0, 0.1) is 29.6 Å². The molecule has 6 amide bonds. The number of ether oxygens (including phenoxy) is 3. The van der Waals surface area contributed by atoms with Gasteiger partial charge in [-0.1, -0.05) is 67.9 Å². The number of cyclic esters (lactones) is 2. The molecule has 3 heterocycles. The van der Waals surface area contributed by atoms with E-state index in [2.05, 4.69) is 0 Å². The summed E-state index contributed by atoms with van der Waals surface area (Å²) in [7, 11) is 7.35. The molecule has 2 saturated heterocycles. The van der Waals surface area contributed by atoms with Crippen LogP contribution >= 0.6 is 0 Å². The fraction of sp³-hybridized carbons (Fsp3) is 0.800. The molecule has 0 saturated carbocycles. The normalized spacial score (nSPS) is 31.1. The Labute approximate surface area is 441 Å².